The van der Waals surface area contributed by atoms with E-state index in [0.717, 1.165) is 0 Å². The Morgan fingerprint density at radius 3 is 2.87 bits per heavy atom. The van der Waals surface area contributed by atoms with Crippen molar-refractivity contribution >= 4 is 11.7 Å². The minimum Gasteiger partial charge on any atom is -0.337 e. The van der Waals surface area contributed by atoms with Crippen molar-refractivity contribution in [3.63, 3.8) is 0 Å². The van der Waals surface area contributed by atoms with Gasteiger partial charge in [0.1, 0.15) is 5.82 Å². The zero-order valence-corrected chi connectivity index (χ0v) is 8.51. The second-order valence-corrected chi connectivity index (χ2v) is 3.13. The third-order valence-corrected chi connectivity index (χ3v) is 1.86. The molecule has 0 aromatic heterocycles. The highest BCUT2D eigenvalue weighted by atomic mass is 19.1. The molecule has 0 saturated heterocycles. The van der Waals surface area contributed by atoms with Crippen molar-refractivity contribution in [3.05, 3.63) is 29.6 Å². The maximum Gasteiger partial charge on any atom is 0.319 e. The van der Waals surface area contributed by atoms with Gasteiger partial charge in [0, 0.05) is 18.8 Å². The lowest BCUT2D eigenvalue weighted by Crippen LogP contribution is -2.32. The standard InChI is InChI=1S/C10H14FN3O/c1-7-2-3-8(6-9(7)11)14-10(15)13-5-4-12/h2-3,6H,4-5,12H2,1H3,(H2,13,14,15). The van der Waals surface area contributed by atoms with E-state index in [0.29, 0.717) is 24.3 Å². The van der Waals surface area contributed by atoms with E-state index in [1.165, 1.54) is 6.07 Å². The average molecular weight is 211 g/mol. The number of carbonyl (C=O) groups excluding carboxylic acids is 1. The first kappa shape index (κ1) is 11.5. The zero-order valence-electron chi connectivity index (χ0n) is 8.51. The van der Waals surface area contributed by atoms with Gasteiger partial charge in [0.2, 0.25) is 0 Å². The number of urea groups is 1. The lowest BCUT2D eigenvalue weighted by atomic mass is 10.2. The Bertz CT molecular complexity index is 355. The first-order valence-corrected chi connectivity index (χ1v) is 4.64. The van der Waals surface area contributed by atoms with Crippen molar-refractivity contribution in [2.75, 3.05) is 18.4 Å². The molecule has 0 radical (unpaired) electrons. The molecular formula is C10H14FN3O. The van der Waals surface area contributed by atoms with Gasteiger partial charge in [0.25, 0.3) is 0 Å². The third-order valence-electron chi connectivity index (χ3n) is 1.86. The highest BCUT2D eigenvalue weighted by Gasteiger charge is 2.02. The van der Waals surface area contributed by atoms with Crippen LogP contribution in [0.5, 0.6) is 0 Å². The molecule has 82 valence electrons. The molecule has 0 aliphatic heterocycles. The van der Waals surface area contributed by atoms with Crippen molar-refractivity contribution in [2.45, 2.75) is 6.92 Å². The molecule has 0 bridgehead atoms. The minimum absolute atomic E-state index is 0.341. The second-order valence-electron chi connectivity index (χ2n) is 3.13. The van der Waals surface area contributed by atoms with Crippen LogP contribution >= 0.6 is 0 Å². The number of nitrogens with two attached hydrogens (primary N) is 1. The summed E-state index contributed by atoms with van der Waals surface area (Å²) in [5, 5.41) is 5.02. The van der Waals surface area contributed by atoms with Gasteiger partial charge < -0.3 is 16.4 Å². The fourth-order valence-electron chi connectivity index (χ4n) is 1.03. The predicted octanol–water partition coefficient (Wildman–Crippen LogP) is 1.21. The highest BCUT2D eigenvalue weighted by Crippen LogP contribution is 2.13. The molecule has 0 unspecified atom stereocenters. The van der Waals surface area contributed by atoms with Crippen LogP contribution in [0.15, 0.2) is 18.2 Å². The van der Waals surface area contributed by atoms with Crippen LogP contribution in [0.1, 0.15) is 5.56 Å². The fourth-order valence-corrected chi connectivity index (χ4v) is 1.03. The second kappa shape index (κ2) is 5.31. The molecule has 0 saturated carbocycles. The molecule has 0 aliphatic carbocycles. The van der Waals surface area contributed by atoms with E-state index in [-0.39, 0.29) is 11.8 Å². The number of amides is 2. The number of rotatable bonds is 3. The molecule has 1 rings (SSSR count). The van der Waals surface area contributed by atoms with E-state index >= 15 is 0 Å². The Labute approximate surface area is 87.7 Å². The molecule has 0 spiro atoms. The molecule has 0 aliphatic rings. The van der Waals surface area contributed by atoms with Crippen molar-refractivity contribution in [1.29, 1.82) is 0 Å². The SMILES string of the molecule is Cc1ccc(NC(=O)NCCN)cc1F. The molecule has 4 nitrogen and oxygen atoms in total. The van der Waals surface area contributed by atoms with Gasteiger partial charge in [-0.25, -0.2) is 9.18 Å². The number of nitrogens with one attached hydrogen (secondary N) is 2. The van der Waals surface area contributed by atoms with Gasteiger partial charge in [-0.3, -0.25) is 0 Å². The Morgan fingerprint density at radius 1 is 1.53 bits per heavy atom. The molecule has 1 aromatic rings. The Kier molecular flexibility index (Phi) is 4.05. The number of halogens is 1. The van der Waals surface area contributed by atoms with Crippen LogP contribution in [0.2, 0.25) is 0 Å². The summed E-state index contributed by atoms with van der Waals surface area (Å²) in [5.74, 6) is -0.341. The number of anilines is 1. The number of carbonyl (C=O) groups is 1. The van der Waals surface area contributed by atoms with Gasteiger partial charge in [0.05, 0.1) is 0 Å². The molecule has 0 fully saturated rings. The average Bonchev–Trinajstić information content (AvgIpc) is 2.20. The first-order chi connectivity index (χ1) is 7.13. The maximum atomic E-state index is 13.1. The number of aryl methyl sites for hydroxylation is 1. The zero-order chi connectivity index (χ0) is 11.3. The van der Waals surface area contributed by atoms with Gasteiger partial charge in [-0.2, -0.15) is 0 Å². The van der Waals surface area contributed by atoms with Crippen molar-refractivity contribution < 1.29 is 9.18 Å². The predicted molar refractivity (Wildman–Crippen MR) is 57.2 cm³/mol. The lowest BCUT2D eigenvalue weighted by Gasteiger charge is -2.07. The van der Waals surface area contributed by atoms with Crippen LogP contribution in [0, 0.1) is 12.7 Å². The van der Waals surface area contributed by atoms with Crippen LogP contribution < -0.4 is 16.4 Å². The summed E-state index contributed by atoms with van der Waals surface area (Å²) in [5.41, 5.74) is 6.18. The van der Waals surface area contributed by atoms with E-state index in [1.54, 1.807) is 19.1 Å². The fraction of sp³-hybridized carbons (Fsp3) is 0.300. The summed E-state index contributed by atoms with van der Waals surface area (Å²) < 4.78 is 13.1. The number of hydrogen-bond donors (Lipinski definition) is 3. The van der Waals surface area contributed by atoms with Gasteiger partial charge in [-0.15, -0.1) is 0 Å². The molecule has 15 heavy (non-hydrogen) atoms. The number of hydrogen-bond acceptors (Lipinski definition) is 2. The summed E-state index contributed by atoms with van der Waals surface area (Å²) >= 11 is 0. The van der Waals surface area contributed by atoms with Crippen molar-refractivity contribution in [3.8, 4) is 0 Å². The van der Waals surface area contributed by atoms with Crippen LogP contribution in [-0.2, 0) is 0 Å². The van der Waals surface area contributed by atoms with E-state index in [2.05, 4.69) is 10.6 Å². The molecule has 2 amide bonds. The molecule has 0 heterocycles. The monoisotopic (exact) mass is 211 g/mol. The maximum absolute atomic E-state index is 13.1. The Balaban J connectivity index is 2.57. The first-order valence-electron chi connectivity index (χ1n) is 4.64. The van der Waals surface area contributed by atoms with Crippen LogP contribution in [0.3, 0.4) is 0 Å². The number of benzene rings is 1. The largest absolute Gasteiger partial charge is 0.337 e. The third kappa shape index (κ3) is 3.55. The summed E-state index contributed by atoms with van der Waals surface area (Å²) in [6.07, 6.45) is 0. The molecule has 5 heteroatoms. The van der Waals surface area contributed by atoms with Crippen molar-refractivity contribution in [1.82, 2.24) is 5.32 Å². The smallest absolute Gasteiger partial charge is 0.319 e. The molecule has 1 aromatic carbocycles. The van der Waals surface area contributed by atoms with E-state index in [1.807, 2.05) is 0 Å². The van der Waals surface area contributed by atoms with Gasteiger partial charge in [0.15, 0.2) is 0 Å². The topological polar surface area (TPSA) is 67.2 Å². The summed E-state index contributed by atoms with van der Waals surface area (Å²) in [4.78, 5) is 11.2. The highest BCUT2D eigenvalue weighted by molar-refractivity contribution is 5.89. The van der Waals surface area contributed by atoms with Crippen LogP contribution in [-0.4, -0.2) is 19.1 Å². The van der Waals surface area contributed by atoms with Gasteiger partial charge in [-0.05, 0) is 24.6 Å². The van der Waals surface area contributed by atoms with Gasteiger partial charge in [-0.1, -0.05) is 6.07 Å². The van der Waals surface area contributed by atoms with Crippen LogP contribution in [0.25, 0.3) is 0 Å². The molecular weight excluding hydrogens is 197 g/mol. The summed E-state index contributed by atoms with van der Waals surface area (Å²) in [6, 6.07) is 4.13. The lowest BCUT2D eigenvalue weighted by molar-refractivity contribution is 0.252. The van der Waals surface area contributed by atoms with Crippen LogP contribution in [0.4, 0.5) is 14.9 Å². The van der Waals surface area contributed by atoms with E-state index in [4.69, 9.17) is 5.73 Å². The minimum atomic E-state index is -0.385. The normalized spacial score (nSPS) is 9.80. The molecule has 4 N–H and O–H groups in total. The van der Waals surface area contributed by atoms with Crippen molar-refractivity contribution in [2.24, 2.45) is 5.73 Å². The van der Waals surface area contributed by atoms with E-state index < -0.39 is 0 Å². The van der Waals surface area contributed by atoms with Gasteiger partial charge >= 0.3 is 6.03 Å². The Morgan fingerprint density at radius 2 is 2.27 bits per heavy atom. The van der Waals surface area contributed by atoms with E-state index in [9.17, 15) is 9.18 Å². The molecule has 0 atom stereocenters. The summed E-state index contributed by atoms with van der Waals surface area (Å²) in [7, 11) is 0. The summed E-state index contributed by atoms with van der Waals surface area (Å²) in [6.45, 7) is 2.42. The Hall–Kier alpha value is -1.62. The quantitative estimate of drug-likeness (QED) is 0.703.